The lowest BCUT2D eigenvalue weighted by atomic mass is 10.0. The molecule has 0 aromatic carbocycles. The van der Waals surface area contributed by atoms with Gasteiger partial charge in [-0.15, -0.1) is 0 Å². The molecule has 2 atom stereocenters. The third-order valence-electron chi connectivity index (χ3n) is 1.99. The highest BCUT2D eigenvalue weighted by Gasteiger charge is 2.11. The van der Waals surface area contributed by atoms with E-state index in [0.717, 1.165) is 12.8 Å². The minimum absolute atomic E-state index is 0.152. The van der Waals surface area contributed by atoms with E-state index in [9.17, 15) is 5.11 Å². The maximum atomic E-state index is 9.66. The Hall–Kier alpha value is -0.0800. The van der Waals surface area contributed by atoms with Gasteiger partial charge in [0.05, 0.1) is 6.10 Å². The summed E-state index contributed by atoms with van der Waals surface area (Å²) in [6.07, 6.45) is 1.61. The third-order valence-corrected chi connectivity index (χ3v) is 1.99. The van der Waals surface area contributed by atoms with E-state index in [1.807, 2.05) is 0 Å². The molecule has 2 N–H and O–H groups in total. The van der Waals surface area contributed by atoms with E-state index in [0.29, 0.717) is 18.0 Å². The zero-order valence-corrected chi connectivity index (χ0v) is 9.67. The fraction of sp³-hybridized carbons (Fsp3) is 1.00. The molecular weight excluding hydrogens is 162 g/mol. The van der Waals surface area contributed by atoms with Crippen LogP contribution >= 0.6 is 0 Å². The third kappa shape index (κ3) is 8.26. The van der Waals surface area contributed by atoms with Gasteiger partial charge in [-0.2, -0.15) is 0 Å². The average molecular weight is 187 g/mol. The van der Waals surface area contributed by atoms with Crippen LogP contribution in [0.1, 0.15) is 47.5 Å². The van der Waals surface area contributed by atoms with Gasteiger partial charge in [-0.25, -0.2) is 0 Å². The first-order chi connectivity index (χ1) is 5.91. The first-order valence-electron chi connectivity index (χ1n) is 5.36. The summed E-state index contributed by atoms with van der Waals surface area (Å²) in [4.78, 5) is 0. The molecule has 80 valence electrons. The Morgan fingerprint density at radius 2 is 1.54 bits per heavy atom. The molecule has 0 spiro atoms. The SMILES string of the molecule is CC(C)C[C@@H](O)C[C@H](C)NC(C)C. The zero-order chi connectivity index (χ0) is 10.4. The first-order valence-corrected chi connectivity index (χ1v) is 5.36. The van der Waals surface area contributed by atoms with E-state index < -0.39 is 0 Å². The van der Waals surface area contributed by atoms with Gasteiger partial charge in [0.15, 0.2) is 0 Å². The topological polar surface area (TPSA) is 32.3 Å². The second-order valence-corrected chi connectivity index (χ2v) is 4.74. The monoisotopic (exact) mass is 187 g/mol. The summed E-state index contributed by atoms with van der Waals surface area (Å²) in [6, 6.07) is 0.912. The van der Waals surface area contributed by atoms with E-state index >= 15 is 0 Å². The maximum absolute atomic E-state index is 9.66. The van der Waals surface area contributed by atoms with Crippen LogP contribution in [-0.4, -0.2) is 23.3 Å². The minimum Gasteiger partial charge on any atom is -0.393 e. The van der Waals surface area contributed by atoms with E-state index in [1.165, 1.54) is 0 Å². The number of aliphatic hydroxyl groups is 1. The van der Waals surface area contributed by atoms with Crippen LogP contribution in [0.4, 0.5) is 0 Å². The van der Waals surface area contributed by atoms with Crippen LogP contribution in [0, 0.1) is 5.92 Å². The van der Waals surface area contributed by atoms with Gasteiger partial charge in [0.25, 0.3) is 0 Å². The molecule has 0 aromatic rings. The molecule has 0 fully saturated rings. The van der Waals surface area contributed by atoms with Crippen molar-refractivity contribution in [3.8, 4) is 0 Å². The summed E-state index contributed by atoms with van der Waals surface area (Å²) in [7, 11) is 0. The molecule has 0 aliphatic rings. The fourth-order valence-electron chi connectivity index (χ4n) is 1.69. The van der Waals surface area contributed by atoms with Gasteiger partial charge in [-0.05, 0) is 25.7 Å². The highest BCUT2D eigenvalue weighted by molar-refractivity contribution is 4.69. The Morgan fingerprint density at radius 3 is 1.92 bits per heavy atom. The van der Waals surface area contributed by atoms with Gasteiger partial charge in [0.2, 0.25) is 0 Å². The van der Waals surface area contributed by atoms with Crippen molar-refractivity contribution >= 4 is 0 Å². The van der Waals surface area contributed by atoms with Crippen LogP contribution in [0.2, 0.25) is 0 Å². The van der Waals surface area contributed by atoms with Crippen molar-refractivity contribution in [1.82, 2.24) is 5.32 Å². The largest absolute Gasteiger partial charge is 0.393 e. The lowest BCUT2D eigenvalue weighted by Gasteiger charge is -2.21. The number of hydrogen-bond acceptors (Lipinski definition) is 2. The molecule has 0 amide bonds. The lowest BCUT2D eigenvalue weighted by molar-refractivity contribution is 0.127. The van der Waals surface area contributed by atoms with Crippen molar-refractivity contribution in [2.75, 3.05) is 0 Å². The Bertz CT molecular complexity index is 109. The van der Waals surface area contributed by atoms with Crippen molar-refractivity contribution in [3.05, 3.63) is 0 Å². The van der Waals surface area contributed by atoms with Crippen LogP contribution in [0.15, 0.2) is 0 Å². The molecule has 0 unspecified atom stereocenters. The summed E-state index contributed by atoms with van der Waals surface area (Å²) < 4.78 is 0. The molecule has 0 aliphatic heterocycles. The highest BCUT2D eigenvalue weighted by Crippen LogP contribution is 2.09. The second-order valence-electron chi connectivity index (χ2n) is 4.74. The number of nitrogens with one attached hydrogen (secondary N) is 1. The molecule has 0 bridgehead atoms. The van der Waals surface area contributed by atoms with Crippen LogP contribution in [0.25, 0.3) is 0 Å². The standard InChI is InChI=1S/C11H25NO/c1-8(2)6-11(13)7-10(5)12-9(3)4/h8-13H,6-7H2,1-5H3/t10-,11+/m0/s1. The Kier molecular flexibility index (Phi) is 6.35. The molecule has 0 aromatic heterocycles. The molecule has 0 saturated heterocycles. The molecule has 0 heterocycles. The molecular formula is C11H25NO. The lowest BCUT2D eigenvalue weighted by Crippen LogP contribution is -2.35. The summed E-state index contributed by atoms with van der Waals surface area (Å²) in [6.45, 7) is 10.7. The summed E-state index contributed by atoms with van der Waals surface area (Å²) in [5.74, 6) is 0.584. The highest BCUT2D eigenvalue weighted by atomic mass is 16.3. The van der Waals surface area contributed by atoms with E-state index in [2.05, 4.69) is 39.9 Å². The van der Waals surface area contributed by atoms with Gasteiger partial charge in [-0.1, -0.05) is 27.7 Å². The molecule has 2 nitrogen and oxygen atoms in total. The Morgan fingerprint density at radius 1 is 1.00 bits per heavy atom. The van der Waals surface area contributed by atoms with Crippen LogP contribution in [-0.2, 0) is 0 Å². The predicted octanol–water partition coefficient (Wildman–Crippen LogP) is 2.17. The summed E-state index contributed by atoms with van der Waals surface area (Å²) in [5.41, 5.74) is 0. The molecule has 13 heavy (non-hydrogen) atoms. The fourth-order valence-corrected chi connectivity index (χ4v) is 1.69. The summed E-state index contributed by atoms with van der Waals surface area (Å²) in [5, 5.41) is 13.0. The molecule has 0 rings (SSSR count). The molecule has 0 radical (unpaired) electrons. The van der Waals surface area contributed by atoms with Crippen LogP contribution < -0.4 is 5.32 Å². The maximum Gasteiger partial charge on any atom is 0.0557 e. The zero-order valence-electron chi connectivity index (χ0n) is 9.67. The van der Waals surface area contributed by atoms with E-state index in [1.54, 1.807) is 0 Å². The summed E-state index contributed by atoms with van der Waals surface area (Å²) >= 11 is 0. The van der Waals surface area contributed by atoms with E-state index in [-0.39, 0.29) is 6.10 Å². The average Bonchev–Trinajstić information content (AvgIpc) is 1.80. The normalized spacial score (nSPS) is 16.6. The first kappa shape index (κ1) is 12.9. The van der Waals surface area contributed by atoms with Crippen molar-refractivity contribution in [1.29, 1.82) is 0 Å². The smallest absolute Gasteiger partial charge is 0.0557 e. The van der Waals surface area contributed by atoms with Crippen molar-refractivity contribution < 1.29 is 5.11 Å². The second kappa shape index (κ2) is 6.39. The Labute approximate surface area is 82.7 Å². The molecule has 2 heteroatoms. The van der Waals surface area contributed by atoms with Gasteiger partial charge < -0.3 is 10.4 Å². The molecule has 0 aliphatic carbocycles. The van der Waals surface area contributed by atoms with Gasteiger partial charge in [-0.3, -0.25) is 0 Å². The quantitative estimate of drug-likeness (QED) is 0.668. The van der Waals surface area contributed by atoms with E-state index in [4.69, 9.17) is 0 Å². The number of rotatable bonds is 6. The van der Waals surface area contributed by atoms with Crippen LogP contribution in [0.3, 0.4) is 0 Å². The van der Waals surface area contributed by atoms with Gasteiger partial charge in [0.1, 0.15) is 0 Å². The predicted molar refractivity (Wildman–Crippen MR) is 57.8 cm³/mol. The van der Waals surface area contributed by atoms with Crippen LogP contribution in [0.5, 0.6) is 0 Å². The van der Waals surface area contributed by atoms with Gasteiger partial charge >= 0.3 is 0 Å². The van der Waals surface area contributed by atoms with Crippen molar-refractivity contribution in [2.24, 2.45) is 5.92 Å². The number of aliphatic hydroxyl groups excluding tert-OH is 1. The number of hydrogen-bond donors (Lipinski definition) is 2. The van der Waals surface area contributed by atoms with Crippen molar-refractivity contribution in [2.45, 2.75) is 65.6 Å². The van der Waals surface area contributed by atoms with Crippen molar-refractivity contribution in [3.63, 3.8) is 0 Å². The van der Waals surface area contributed by atoms with Gasteiger partial charge in [0, 0.05) is 12.1 Å². The molecule has 0 saturated carbocycles. The Balaban J connectivity index is 3.58. The minimum atomic E-state index is -0.152.